The Morgan fingerprint density at radius 1 is 1.10 bits per heavy atom. The monoisotopic (exact) mass is 303 g/mol. The first-order valence-electron chi connectivity index (χ1n) is 7.57. The minimum Gasteiger partial charge on any atom is -0.207 e. The lowest BCUT2D eigenvalue weighted by molar-refractivity contribution is 0.329. The number of rotatable bonds is 3. The van der Waals surface area contributed by atoms with E-state index in [1.165, 1.54) is 0 Å². The third-order valence-electron chi connectivity index (χ3n) is 4.49. The molecule has 0 N–H and O–H groups in total. The summed E-state index contributed by atoms with van der Waals surface area (Å²) in [6.45, 7) is 4.08. The molecule has 0 radical (unpaired) electrons. The van der Waals surface area contributed by atoms with Gasteiger partial charge in [-0.3, -0.25) is 0 Å². The first-order valence-corrected chi connectivity index (χ1v) is 9.01. The van der Waals surface area contributed by atoms with Gasteiger partial charge in [0, 0.05) is 17.5 Å². The van der Waals surface area contributed by atoms with Gasteiger partial charge in [-0.2, -0.15) is 4.31 Å². The van der Waals surface area contributed by atoms with Gasteiger partial charge in [-0.25, -0.2) is 8.42 Å². The molecule has 21 heavy (non-hydrogen) atoms. The zero-order valence-electron chi connectivity index (χ0n) is 12.5. The van der Waals surface area contributed by atoms with Crippen LogP contribution in [0.25, 0.3) is 10.8 Å². The smallest absolute Gasteiger partial charge is 0.207 e. The van der Waals surface area contributed by atoms with Gasteiger partial charge >= 0.3 is 0 Å². The Balaban J connectivity index is 2.17. The molecule has 4 heteroatoms. The van der Waals surface area contributed by atoms with Crippen molar-refractivity contribution in [3.8, 4) is 0 Å². The second-order valence-electron chi connectivity index (χ2n) is 5.80. The second kappa shape index (κ2) is 5.43. The van der Waals surface area contributed by atoms with E-state index in [2.05, 4.69) is 6.92 Å². The van der Waals surface area contributed by atoms with Crippen LogP contribution in [-0.2, 0) is 10.0 Å². The van der Waals surface area contributed by atoms with E-state index in [1.54, 1.807) is 10.4 Å². The van der Waals surface area contributed by atoms with Gasteiger partial charge in [0.2, 0.25) is 10.0 Å². The predicted molar refractivity (Wildman–Crippen MR) is 85.7 cm³/mol. The summed E-state index contributed by atoms with van der Waals surface area (Å²) in [4.78, 5) is 0.438. The molecular formula is C17H21NO2S. The third-order valence-corrected chi connectivity index (χ3v) is 6.61. The first kappa shape index (κ1) is 14.5. The molecule has 2 atom stereocenters. The number of benzene rings is 2. The van der Waals surface area contributed by atoms with E-state index >= 15 is 0 Å². The standard InChI is InChI=1S/C17H21NO2S/c1-3-15-12-11-13(2)18(15)21(19,20)17-10-6-8-14-7-4-5-9-16(14)17/h4-10,13,15H,3,11-12H2,1-2H3. The van der Waals surface area contributed by atoms with Crippen LogP contribution in [0.5, 0.6) is 0 Å². The maximum atomic E-state index is 13.2. The maximum Gasteiger partial charge on any atom is 0.244 e. The SMILES string of the molecule is CCC1CCC(C)N1S(=O)(=O)c1cccc2ccccc12. The molecular weight excluding hydrogens is 282 g/mol. The maximum absolute atomic E-state index is 13.2. The highest BCUT2D eigenvalue weighted by atomic mass is 32.2. The number of nitrogens with zero attached hydrogens (tertiary/aromatic N) is 1. The first-order chi connectivity index (χ1) is 10.1. The molecule has 2 aromatic rings. The van der Waals surface area contributed by atoms with Gasteiger partial charge in [-0.15, -0.1) is 0 Å². The lowest BCUT2D eigenvalue weighted by Crippen LogP contribution is -2.39. The molecule has 3 nitrogen and oxygen atoms in total. The van der Waals surface area contributed by atoms with Crippen molar-refractivity contribution < 1.29 is 8.42 Å². The van der Waals surface area contributed by atoms with Crippen LogP contribution in [0.4, 0.5) is 0 Å². The number of sulfonamides is 1. The van der Waals surface area contributed by atoms with Crippen LogP contribution >= 0.6 is 0 Å². The fourth-order valence-corrected chi connectivity index (χ4v) is 5.57. The summed E-state index contributed by atoms with van der Waals surface area (Å²) in [6, 6.07) is 13.4. The number of hydrogen-bond acceptors (Lipinski definition) is 2. The van der Waals surface area contributed by atoms with Gasteiger partial charge in [0.15, 0.2) is 0 Å². The van der Waals surface area contributed by atoms with Crippen molar-refractivity contribution in [2.75, 3.05) is 0 Å². The molecule has 1 heterocycles. The summed E-state index contributed by atoms with van der Waals surface area (Å²) in [5.74, 6) is 0. The van der Waals surface area contributed by atoms with Crippen molar-refractivity contribution >= 4 is 20.8 Å². The zero-order chi connectivity index (χ0) is 15.0. The Morgan fingerprint density at radius 3 is 2.57 bits per heavy atom. The van der Waals surface area contributed by atoms with Gasteiger partial charge in [0.1, 0.15) is 0 Å². The number of fused-ring (bicyclic) bond motifs is 1. The van der Waals surface area contributed by atoms with E-state index in [-0.39, 0.29) is 12.1 Å². The van der Waals surface area contributed by atoms with Crippen LogP contribution in [0, 0.1) is 0 Å². The van der Waals surface area contributed by atoms with Gasteiger partial charge < -0.3 is 0 Å². The van der Waals surface area contributed by atoms with E-state index in [0.29, 0.717) is 4.90 Å². The number of hydrogen-bond donors (Lipinski definition) is 0. The van der Waals surface area contributed by atoms with Crippen LogP contribution in [0.1, 0.15) is 33.1 Å². The van der Waals surface area contributed by atoms with Crippen molar-refractivity contribution in [1.82, 2.24) is 4.31 Å². The van der Waals surface area contributed by atoms with Crippen molar-refractivity contribution in [3.05, 3.63) is 42.5 Å². The summed E-state index contributed by atoms with van der Waals surface area (Å²) in [5.41, 5.74) is 0. The second-order valence-corrected chi connectivity index (χ2v) is 7.61. The van der Waals surface area contributed by atoms with Crippen molar-refractivity contribution in [3.63, 3.8) is 0 Å². The van der Waals surface area contributed by atoms with E-state index in [1.807, 2.05) is 43.3 Å². The molecule has 2 aromatic carbocycles. The predicted octanol–water partition coefficient (Wildman–Crippen LogP) is 3.79. The molecule has 0 aromatic heterocycles. The van der Waals surface area contributed by atoms with E-state index in [4.69, 9.17) is 0 Å². The summed E-state index contributed by atoms with van der Waals surface area (Å²) in [6.07, 6.45) is 2.78. The quantitative estimate of drug-likeness (QED) is 0.865. The highest BCUT2D eigenvalue weighted by molar-refractivity contribution is 7.89. The molecule has 0 saturated carbocycles. The van der Waals surface area contributed by atoms with Gasteiger partial charge in [0.25, 0.3) is 0 Å². The van der Waals surface area contributed by atoms with Crippen molar-refractivity contribution in [2.45, 2.75) is 50.1 Å². The van der Waals surface area contributed by atoms with E-state index in [0.717, 1.165) is 30.0 Å². The minimum absolute atomic E-state index is 0.0823. The van der Waals surface area contributed by atoms with Crippen LogP contribution in [0.2, 0.25) is 0 Å². The molecule has 1 aliphatic heterocycles. The third kappa shape index (κ3) is 2.36. The molecule has 3 rings (SSSR count). The lowest BCUT2D eigenvalue weighted by Gasteiger charge is -2.27. The highest BCUT2D eigenvalue weighted by Crippen LogP contribution is 2.34. The Hall–Kier alpha value is -1.39. The lowest BCUT2D eigenvalue weighted by atomic mass is 10.1. The fraction of sp³-hybridized carbons (Fsp3) is 0.412. The average Bonchev–Trinajstić information content (AvgIpc) is 2.88. The molecule has 0 amide bonds. The van der Waals surface area contributed by atoms with Crippen molar-refractivity contribution in [2.24, 2.45) is 0 Å². The molecule has 0 spiro atoms. The summed E-state index contributed by atoms with van der Waals surface area (Å²) in [7, 11) is -3.44. The average molecular weight is 303 g/mol. The van der Waals surface area contributed by atoms with Gasteiger partial charge in [-0.1, -0.05) is 43.3 Å². The zero-order valence-corrected chi connectivity index (χ0v) is 13.3. The van der Waals surface area contributed by atoms with E-state index < -0.39 is 10.0 Å². The Bertz CT molecular complexity index is 749. The minimum atomic E-state index is -3.44. The summed E-state index contributed by atoms with van der Waals surface area (Å²) in [5, 5.41) is 1.78. The van der Waals surface area contributed by atoms with Crippen LogP contribution < -0.4 is 0 Å². The molecule has 1 saturated heterocycles. The molecule has 0 aliphatic carbocycles. The molecule has 0 bridgehead atoms. The fourth-order valence-electron chi connectivity index (χ4n) is 3.40. The van der Waals surface area contributed by atoms with E-state index in [9.17, 15) is 8.42 Å². The Morgan fingerprint density at radius 2 is 1.81 bits per heavy atom. The summed E-state index contributed by atoms with van der Waals surface area (Å²) >= 11 is 0. The Kier molecular flexibility index (Phi) is 3.76. The van der Waals surface area contributed by atoms with Gasteiger partial charge in [-0.05, 0) is 37.6 Å². The normalized spacial score (nSPS) is 23.7. The van der Waals surface area contributed by atoms with Crippen LogP contribution in [0.3, 0.4) is 0 Å². The molecule has 2 unspecified atom stereocenters. The van der Waals surface area contributed by atoms with Crippen molar-refractivity contribution in [1.29, 1.82) is 0 Å². The largest absolute Gasteiger partial charge is 0.244 e. The van der Waals surface area contributed by atoms with Crippen LogP contribution in [0.15, 0.2) is 47.4 Å². The van der Waals surface area contributed by atoms with Gasteiger partial charge in [0.05, 0.1) is 4.90 Å². The Labute approximate surface area is 126 Å². The summed E-state index contributed by atoms with van der Waals surface area (Å²) < 4.78 is 28.0. The molecule has 1 fully saturated rings. The molecule has 112 valence electrons. The molecule has 1 aliphatic rings. The van der Waals surface area contributed by atoms with Crippen LogP contribution in [-0.4, -0.2) is 24.8 Å². The highest BCUT2D eigenvalue weighted by Gasteiger charge is 2.39. The topological polar surface area (TPSA) is 37.4 Å².